The second kappa shape index (κ2) is 8.62. The first-order chi connectivity index (χ1) is 16.0. The minimum atomic E-state index is -3.80. The Morgan fingerprint density at radius 3 is 2.48 bits per heavy atom. The summed E-state index contributed by atoms with van der Waals surface area (Å²) in [7, 11) is -3.80. The molecule has 5 rings (SSSR count). The maximum atomic E-state index is 13.4. The molecule has 0 fully saturated rings. The van der Waals surface area contributed by atoms with Gasteiger partial charge in [0.25, 0.3) is 10.0 Å². The lowest BCUT2D eigenvalue weighted by Crippen LogP contribution is -2.30. The van der Waals surface area contributed by atoms with E-state index in [0.29, 0.717) is 32.9 Å². The zero-order valence-corrected chi connectivity index (χ0v) is 19.9. The average molecular weight is 496 g/mol. The SMILES string of the molecule is CCN(c1nc2cc(Cl)ccc2s1)S(=O)(=O)c1ccc(-c2ncc(-c3ccccc3)o2)cc1. The molecule has 0 amide bonds. The number of benzene rings is 3. The Hall–Kier alpha value is -3.20. The Labute approximate surface area is 200 Å². The van der Waals surface area contributed by atoms with Crippen LogP contribution in [-0.2, 0) is 10.0 Å². The minimum Gasteiger partial charge on any atom is -0.436 e. The number of sulfonamides is 1. The zero-order chi connectivity index (χ0) is 23.0. The van der Waals surface area contributed by atoms with Crippen molar-refractivity contribution in [2.24, 2.45) is 0 Å². The maximum absolute atomic E-state index is 13.4. The molecule has 6 nitrogen and oxygen atoms in total. The molecule has 0 unspecified atom stereocenters. The van der Waals surface area contributed by atoms with Crippen molar-refractivity contribution in [3.8, 4) is 22.8 Å². The fourth-order valence-electron chi connectivity index (χ4n) is 3.44. The van der Waals surface area contributed by atoms with Crippen LogP contribution in [0.2, 0.25) is 5.02 Å². The summed E-state index contributed by atoms with van der Waals surface area (Å²) in [6.07, 6.45) is 1.66. The van der Waals surface area contributed by atoms with E-state index in [2.05, 4.69) is 9.97 Å². The highest BCUT2D eigenvalue weighted by atomic mass is 35.5. The first-order valence-corrected chi connectivity index (χ1v) is 12.8. The molecular weight excluding hydrogens is 478 g/mol. The summed E-state index contributed by atoms with van der Waals surface area (Å²) in [5.74, 6) is 1.07. The van der Waals surface area contributed by atoms with Gasteiger partial charge in [0.2, 0.25) is 11.0 Å². The van der Waals surface area contributed by atoms with Crippen LogP contribution in [0.15, 0.2) is 88.3 Å². The predicted molar refractivity (Wildman–Crippen MR) is 132 cm³/mol. The molecule has 0 saturated heterocycles. The molecule has 166 valence electrons. The number of thiazole rings is 1. The van der Waals surface area contributed by atoms with Crippen LogP contribution in [-0.4, -0.2) is 24.9 Å². The third-order valence-corrected chi connectivity index (χ3v) is 8.38. The highest BCUT2D eigenvalue weighted by Gasteiger charge is 2.26. The Bertz CT molecular complexity index is 1530. The minimum absolute atomic E-state index is 0.167. The molecular formula is C24H18ClN3O3S2. The molecule has 5 aromatic rings. The average Bonchev–Trinajstić information content (AvgIpc) is 3.47. The summed E-state index contributed by atoms with van der Waals surface area (Å²) in [6, 6.07) is 21.5. The van der Waals surface area contributed by atoms with Crippen LogP contribution in [0.25, 0.3) is 33.0 Å². The van der Waals surface area contributed by atoms with E-state index >= 15 is 0 Å². The smallest absolute Gasteiger partial charge is 0.266 e. The lowest BCUT2D eigenvalue weighted by molar-refractivity contribution is 0.587. The Kier molecular flexibility index (Phi) is 5.65. The fraction of sp³-hybridized carbons (Fsp3) is 0.0833. The van der Waals surface area contributed by atoms with Gasteiger partial charge in [0, 0.05) is 22.7 Å². The lowest BCUT2D eigenvalue weighted by atomic mass is 10.2. The number of fused-ring (bicyclic) bond motifs is 1. The molecule has 0 saturated carbocycles. The highest BCUT2D eigenvalue weighted by Crippen LogP contribution is 2.34. The first kappa shape index (κ1) is 21.6. The van der Waals surface area contributed by atoms with Gasteiger partial charge in [0.15, 0.2) is 5.76 Å². The summed E-state index contributed by atoms with van der Waals surface area (Å²) in [5, 5.41) is 0.960. The van der Waals surface area contributed by atoms with E-state index in [1.807, 2.05) is 36.4 Å². The normalized spacial score (nSPS) is 11.7. The number of halogens is 1. The molecule has 3 aromatic carbocycles. The van der Waals surface area contributed by atoms with E-state index in [1.165, 1.54) is 15.6 Å². The fourth-order valence-corrected chi connectivity index (χ4v) is 6.25. The van der Waals surface area contributed by atoms with Crippen molar-refractivity contribution in [1.82, 2.24) is 9.97 Å². The van der Waals surface area contributed by atoms with E-state index in [1.54, 1.807) is 49.5 Å². The summed E-state index contributed by atoms with van der Waals surface area (Å²) in [5.41, 5.74) is 2.28. The molecule has 0 spiro atoms. The third-order valence-electron chi connectivity index (χ3n) is 5.09. The van der Waals surface area contributed by atoms with Gasteiger partial charge >= 0.3 is 0 Å². The van der Waals surface area contributed by atoms with Gasteiger partial charge in [-0.2, -0.15) is 0 Å². The van der Waals surface area contributed by atoms with Crippen LogP contribution in [0.3, 0.4) is 0 Å². The van der Waals surface area contributed by atoms with Gasteiger partial charge in [0.05, 0.1) is 21.3 Å². The van der Waals surface area contributed by atoms with Crippen LogP contribution in [0, 0.1) is 0 Å². The number of hydrogen-bond acceptors (Lipinski definition) is 6. The molecule has 0 radical (unpaired) electrons. The third kappa shape index (κ3) is 4.13. The Balaban J connectivity index is 1.44. The van der Waals surface area contributed by atoms with Gasteiger partial charge in [0.1, 0.15) is 0 Å². The zero-order valence-electron chi connectivity index (χ0n) is 17.5. The number of nitrogens with zero attached hydrogens (tertiary/aromatic N) is 3. The number of aromatic nitrogens is 2. The van der Waals surface area contributed by atoms with Gasteiger partial charge in [-0.25, -0.2) is 22.7 Å². The highest BCUT2D eigenvalue weighted by molar-refractivity contribution is 7.93. The number of oxazole rings is 1. The molecule has 0 atom stereocenters. The second-order valence-electron chi connectivity index (χ2n) is 7.20. The number of anilines is 1. The predicted octanol–water partition coefficient (Wildman–Crippen LogP) is 6.49. The summed E-state index contributed by atoms with van der Waals surface area (Å²) >= 11 is 7.36. The van der Waals surface area contributed by atoms with Crippen molar-refractivity contribution in [2.75, 3.05) is 10.8 Å². The van der Waals surface area contributed by atoms with Crippen LogP contribution in [0.1, 0.15) is 6.92 Å². The van der Waals surface area contributed by atoms with E-state index < -0.39 is 10.0 Å². The van der Waals surface area contributed by atoms with Crippen LogP contribution >= 0.6 is 22.9 Å². The quantitative estimate of drug-likeness (QED) is 0.269. The topological polar surface area (TPSA) is 76.3 Å². The van der Waals surface area contributed by atoms with Crippen molar-refractivity contribution in [3.63, 3.8) is 0 Å². The molecule has 0 aliphatic carbocycles. The van der Waals surface area contributed by atoms with Crippen molar-refractivity contribution < 1.29 is 12.8 Å². The standard InChI is InChI=1S/C24H18ClN3O3S2/c1-2-28(24-27-20-14-18(25)10-13-22(20)32-24)33(29,30)19-11-8-17(9-12-19)23-26-15-21(31-23)16-6-4-3-5-7-16/h3-15H,2H2,1H3. The molecule has 2 aromatic heterocycles. The monoisotopic (exact) mass is 495 g/mol. The Morgan fingerprint density at radius 1 is 1.00 bits per heavy atom. The van der Waals surface area contributed by atoms with Crippen molar-refractivity contribution in [3.05, 3.63) is 84.0 Å². The van der Waals surface area contributed by atoms with Gasteiger partial charge < -0.3 is 4.42 Å². The molecule has 0 bridgehead atoms. The number of rotatable bonds is 6. The van der Waals surface area contributed by atoms with Gasteiger partial charge in [-0.05, 0) is 49.4 Å². The molecule has 0 aliphatic rings. The molecule has 9 heteroatoms. The van der Waals surface area contributed by atoms with E-state index in [-0.39, 0.29) is 11.4 Å². The second-order valence-corrected chi connectivity index (χ2v) is 10.5. The van der Waals surface area contributed by atoms with E-state index in [0.717, 1.165) is 10.3 Å². The molecule has 0 N–H and O–H groups in total. The van der Waals surface area contributed by atoms with Crippen LogP contribution in [0.4, 0.5) is 5.13 Å². The van der Waals surface area contributed by atoms with Gasteiger partial charge in [-0.1, -0.05) is 53.3 Å². The van der Waals surface area contributed by atoms with Crippen molar-refractivity contribution in [2.45, 2.75) is 11.8 Å². The largest absolute Gasteiger partial charge is 0.436 e. The summed E-state index contributed by atoms with van der Waals surface area (Å²) in [4.78, 5) is 9.00. The number of hydrogen-bond donors (Lipinski definition) is 0. The van der Waals surface area contributed by atoms with E-state index in [9.17, 15) is 8.42 Å². The molecule has 0 aliphatic heterocycles. The summed E-state index contributed by atoms with van der Waals surface area (Å²) < 4.78 is 34.8. The molecule has 33 heavy (non-hydrogen) atoms. The van der Waals surface area contributed by atoms with Crippen LogP contribution < -0.4 is 4.31 Å². The Morgan fingerprint density at radius 2 is 1.76 bits per heavy atom. The summed E-state index contributed by atoms with van der Waals surface area (Å²) in [6.45, 7) is 2.03. The van der Waals surface area contributed by atoms with Crippen molar-refractivity contribution in [1.29, 1.82) is 0 Å². The van der Waals surface area contributed by atoms with Crippen LogP contribution in [0.5, 0.6) is 0 Å². The lowest BCUT2D eigenvalue weighted by Gasteiger charge is -2.19. The van der Waals surface area contributed by atoms with E-state index in [4.69, 9.17) is 16.0 Å². The maximum Gasteiger partial charge on any atom is 0.266 e. The first-order valence-electron chi connectivity index (χ1n) is 10.2. The van der Waals surface area contributed by atoms with Gasteiger partial charge in [-0.15, -0.1) is 0 Å². The van der Waals surface area contributed by atoms with Crippen molar-refractivity contribution >= 4 is 48.3 Å². The van der Waals surface area contributed by atoms with Gasteiger partial charge in [-0.3, -0.25) is 0 Å². The molecule has 2 heterocycles.